The highest BCUT2D eigenvalue weighted by Gasteiger charge is 2.26. The highest BCUT2D eigenvalue weighted by atomic mass is 35.5. The minimum absolute atomic E-state index is 0.0612. The van der Waals surface area contributed by atoms with Crippen molar-refractivity contribution in [2.75, 3.05) is 0 Å². The normalized spacial score (nSPS) is 12.7. The maximum absolute atomic E-state index is 12.6. The predicted molar refractivity (Wildman–Crippen MR) is 114 cm³/mol. The molecule has 2 amide bonds. The Morgan fingerprint density at radius 3 is 2.41 bits per heavy atom. The van der Waals surface area contributed by atoms with Crippen LogP contribution in [0.3, 0.4) is 0 Å². The van der Waals surface area contributed by atoms with Gasteiger partial charge < -0.3 is 20.7 Å². The second-order valence-electron chi connectivity index (χ2n) is 6.88. The quantitative estimate of drug-likeness (QED) is 0.448. The molecule has 0 saturated carbocycles. The first-order valence-electron chi connectivity index (χ1n) is 9.67. The molecule has 0 aliphatic carbocycles. The summed E-state index contributed by atoms with van der Waals surface area (Å²) in [4.78, 5) is 25.2. The third kappa shape index (κ3) is 7.53. The number of carbonyl (C=O) groups is 2. The van der Waals surface area contributed by atoms with Crippen molar-refractivity contribution in [2.24, 2.45) is 0 Å². The van der Waals surface area contributed by atoms with Crippen LogP contribution in [0.15, 0.2) is 54.6 Å². The molecule has 2 unspecified atom stereocenters. The SMILES string of the molecule is CCCCC(NC(=O)CC(NC(=O)c1ccccc1)c1cccc(Cl)c1)B(O)O. The van der Waals surface area contributed by atoms with E-state index >= 15 is 0 Å². The van der Waals surface area contributed by atoms with Gasteiger partial charge in [-0.3, -0.25) is 9.59 Å². The zero-order valence-corrected chi connectivity index (χ0v) is 17.1. The number of nitrogens with one attached hydrogen (secondary N) is 2. The van der Waals surface area contributed by atoms with Crippen LogP contribution >= 0.6 is 11.6 Å². The summed E-state index contributed by atoms with van der Waals surface area (Å²) in [6, 6.07) is 15.0. The molecule has 0 fully saturated rings. The van der Waals surface area contributed by atoms with Gasteiger partial charge in [0.2, 0.25) is 5.91 Å². The number of hydrogen-bond donors (Lipinski definition) is 4. The lowest BCUT2D eigenvalue weighted by Gasteiger charge is -2.22. The molecule has 6 nitrogen and oxygen atoms in total. The number of hydrogen-bond acceptors (Lipinski definition) is 4. The molecular formula is C21H26BClN2O4. The van der Waals surface area contributed by atoms with Crippen molar-refractivity contribution in [2.45, 2.75) is 44.6 Å². The van der Waals surface area contributed by atoms with Gasteiger partial charge in [0.1, 0.15) is 0 Å². The van der Waals surface area contributed by atoms with E-state index in [2.05, 4.69) is 10.6 Å². The maximum atomic E-state index is 12.6. The maximum Gasteiger partial charge on any atom is 0.475 e. The van der Waals surface area contributed by atoms with Crippen molar-refractivity contribution < 1.29 is 19.6 Å². The molecule has 0 aromatic heterocycles. The molecule has 0 heterocycles. The van der Waals surface area contributed by atoms with Crippen molar-refractivity contribution >= 4 is 30.5 Å². The Bertz CT molecular complexity index is 804. The summed E-state index contributed by atoms with van der Waals surface area (Å²) in [6.45, 7) is 1.98. The molecule has 4 N–H and O–H groups in total. The Balaban J connectivity index is 2.14. The molecule has 0 radical (unpaired) electrons. The molecule has 0 bridgehead atoms. The van der Waals surface area contributed by atoms with E-state index in [4.69, 9.17) is 11.6 Å². The molecule has 0 aliphatic rings. The first kappa shape index (κ1) is 22.9. The van der Waals surface area contributed by atoms with Gasteiger partial charge >= 0.3 is 7.12 Å². The molecule has 2 atom stereocenters. The Morgan fingerprint density at radius 2 is 1.79 bits per heavy atom. The Labute approximate surface area is 176 Å². The first-order chi connectivity index (χ1) is 13.9. The predicted octanol–water partition coefficient (Wildman–Crippen LogP) is 2.89. The summed E-state index contributed by atoms with van der Waals surface area (Å²) in [5.41, 5.74) is 1.16. The second kappa shape index (κ2) is 11.6. The van der Waals surface area contributed by atoms with Gasteiger partial charge in [-0.25, -0.2) is 0 Å². The zero-order valence-electron chi connectivity index (χ0n) is 16.3. The van der Waals surface area contributed by atoms with Gasteiger partial charge in [-0.1, -0.05) is 61.7 Å². The summed E-state index contributed by atoms with van der Waals surface area (Å²) in [6.07, 6.45) is 2.02. The standard InChI is InChI=1S/C21H26BClN2O4/c1-2-3-12-19(22(28)29)25-20(26)14-18(16-10-7-11-17(23)13-16)24-21(27)15-8-5-4-6-9-15/h4-11,13,18-19,28-29H,2-3,12,14H2,1H3,(H,24,27)(H,25,26). The van der Waals surface area contributed by atoms with E-state index in [-0.39, 0.29) is 12.3 Å². The van der Waals surface area contributed by atoms with E-state index in [9.17, 15) is 19.6 Å². The molecule has 2 aromatic rings. The molecule has 2 rings (SSSR count). The van der Waals surface area contributed by atoms with Gasteiger partial charge in [0.05, 0.1) is 18.4 Å². The molecule has 0 aliphatic heterocycles. The monoisotopic (exact) mass is 416 g/mol. The molecule has 2 aromatic carbocycles. The average molecular weight is 417 g/mol. The molecule has 0 saturated heterocycles. The minimum Gasteiger partial charge on any atom is -0.426 e. The van der Waals surface area contributed by atoms with Crippen LogP contribution in [0, 0.1) is 0 Å². The highest BCUT2D eigenvalue weighted by molar-refractivity contribution is 6.43. The van der Waals surface area contributed by atoms with E-state index in [0.29, 0.717) is 22.6 Å². The smallest absolute Gasteiger partial charge is 0.426 e. The fraction of sp³-hybridized carbons (Fsp3) is 0.333. The number of halogens is 1. The van der Waals surface area contributed by atoms with E-state index in [1.165, 1.54) is 0 Å². The summed E-state index contributed by atoms with van der Waals surface area (Å²) in [7, 11) is -1.64. The van der Waals surface area contributed by atoms with Gasteiger partial charge in [0, 0.05) is 10.6 Å². The summed E-state index contributed by atoms with van der Waals surface area (Å²) in [5, 5.41) is 25.1. The summed E-state index contributed by atoms with van der Waals surface area (Å²) in [5.74, 6) is -1.46. The van der Waals surface area contributed by atoms with Crippen LogP contribution in [0.1, 0.15) is 54.6 Å². The van der Waals surface area contributed by atoms with E-state index in [1.54, 1.807) is 48.5 Å². The van der Waals surface area contributed by atoms with Gasteiger partial charge in [-0.15, -0.1) is 0 Å². The molecular weight excluding hydrogens is 391 g/mol. The summed E-state index contributed by atoms with van der Waals surface area (Å²) >= 11 is 6.08. The van der Waals surface area contributed by atoms with Crippen molar-refractivity contribution in [1.82, 2.24) is 10.6 Å². The van der Waals surface area contributed by atoms with Crippen molar-refractivity contribution in [3.8, 4) is 0 Å². The van der Waals surface area contributed by atoms with E-state index in [1.807, 2.05) is 13.0 Å². The summed E-state index contributed by atoms with van der Waals surface area (Å²) < 4.78 is 0. The fourth-order valence-electron chi connectivity index (χ4n) is 2.98. The van der Waals surface area contributed by atoms with Gasteiger partial charge in [-0.2, -0.15) is 0 Å². The third-order valence-electron chi connectivity index (χ3n) is 4.56. The van der Waals surface area contributed by atoms with Crippen LogP contribution < -0.4 is 10.6 Å². The lowest BCUT2D eigenvalue weighted by molar-refractivity contribution is -0.122. The minimum atomic E-state index is -1.64. The van der Waals surface area contributed by atoms with E-state index in [0.717, 1.165) is 12.8 Å². The molecule has 0 spiro atoms. The number of benzene rings is 2. The molecule has 154 valence electrons. The molecule has 8 heteroatoms. The lowest BCUT2D eigenvalue weighted by atomic mass is 9.76. The first-order valence-corrected chi connectivity index (χ1v) is 10.1. The Hall–Kier alpha value is -2.35. The van der Waals surface area contributed by atoms with Crippen molar-refractivity contribution in [3.63, 3.8) is 0 Å². The van der Waals surface area contributed by atoms with Crippen LogP contribution in [-0.4, -0.2) is 34.9 Å². The zero-order chi connectivity index (χ0) is 21.2. The Morgan fingerprint density at radius 1 is 1.07 bits per heavy atom. The van der Waals surface area contributed by atoms with Gasteiger partial charge in [-0.05, 0) is 36.2 Å². The topological polar surface area (TPSA) is 98.7 Å². The number of rotatable bonds is 10. The third-order valence-corrected chi connectivity index (χ3v) is 4.79. The van der Waals surface area contributed by atoms with Crippen LogP contribution in [0.25, 0.3) is 0 Å². The van der Waals surface area contributed by atoms with Crippen LogP contribution in [0.5, 0.6) is 0 Å². The van der Waals surface area contributed by atoms with E-state index < -0.39 is 25.0 Å². The fourth-order valence-corrected chi connectivity index (χ4v) is 3.18. The van der Waals surface area contributed by atoms with Crippen LogP contribution in [0.2, 0.25) is 5.02 Å². The number of amides is 2. The van der Waals surface area contributed by atoms with Crippen molar-refractivity contribution in [3.05, 3.63) is 70.7 Å². The lowest BCUT2D eigenvalue weighted by Crippen LogP contribution is -2.47. The average Bonchev–Trinajstić information content (AvgIpc) is 2.71. The second-order valence-corrected chi connectivity index (χ2v) is 7.32. The van der Waals surface area contributed by atoms with Crippen LogP contribution in [0.4, 0.5) is 0 Å². The largest absolute Gasteiger partial charge is 0.475 e. The molecule has 29 heavy (non-hydrogen) atoms. The highest BCUT2D eigenvalue weighted by Crippen LogP contribution is 2.21. The number of carbonyl (C=O) groups excluding carboxylic acids is 2. The Kier molecular flexibility index (Phi) is 9.18. The van der Waals surface area contributed by atoms with Crippen LogP contribution in [-0.2, 0) is 4.79 Å². The number of unbranched alkanes of at least 4 members (excludes halogenated alkanes) is 1. The van der Waals surface area contributed by atoms with Crippen molar-refractivity contribution in [1.29, 1.82) is 0 Å². The van der Waals surface area contributed by atoms with Gasteiger partial charge in [0.25, 0.3) is 5.91 Å². The van der Waals surface area contributed by atoms with Gasteiger partial charge in [0.15, 0.2) is 0 Å².